The van der Waals surface area contributed by atoms with Crippen molar-refractivity contribution in [3.63, 3.8) is 0 Å². The number of methoxy groups -OCH3 is 1. The van der Waals surface area contributed by atoms with E-state index in [2.05, 4.69) is 36.0 Å². The average molecular weight is 591 g/mol. The zero-order chi connectivity index (χ0) is 30.5. The maximum atomic E-state index is 14.4. The molecule has 5 atom stereocenters. The van der Waals surface area contributed by atoms with E-state index in [4.69, 9.17) is 9.73 Å². The molecule has 4 fully saturated rings. The normalized spacial score (nSPS) is 27.2. The van der Waals surface area contributed by atoms with Gasteiger partial charge in [-0.2, -0.15) is 5.06 Å². The molecule has 2 heterocycles. The number of fused-ring (bicyclic) bond motifs is 3. The number of aromatic nitrogens is 2. The molecule has 0 spiro atoms. The second-order valence-electron chi connectivity index (χ2n) is 13.2. The number of piperazine rings is 1. The number of ether oxygens (including phenoxy) is 1. The first-order valence-corrected chi connectivity index (χ1v) is 15.4. The molecular formula is C33H43FN6O3. The summed E-state index contributed by atoms with van der Waals surface area (Å²) in [6, 6.07) is 10.6. The number of nitrogens with zero attached hydrogens (tertiary/aromatic N) is 5. The van der Waals surface area contributed by atoms with Crippen LogP contribution in [-0.2, 0) is 13.0 Å². The third-order valence-electron chi connectivity index (χ3n) is 10.5. The Balaban J connectivity index is 1.23. The van der Waals surface area contributed by atoms with Gasteiger partial charge in [0.15, 0.2) is 5.96 Å². The molecule has 7 rings (SSSR count). The number of anilines is 1. The first kappa shape index (κ1) is 29.6. The zero-order valence-electron chi connectivity index (χ0n) is 25.8. The Hall–Kier alpha value is -3.50. The quantitative estimate of drug-likeness (QED) is 0.308. The Morgan fingerprint density at radius 3 is 2.70 bits per heavy atom. The van der Waals surface area contributed by atoms with E-state index in [1.54, 1.807) is 18.2 Å². The third kappa shape index (κ3) is 5.62. The van der Waals surface area contributed by atoms with Crippen LogP contribution in [0.4, 0.5) is 10.1 Å². The Kier molecular flexibility index (Phi) is 7.93. The second-order valence-corrected chi connectivity index (χ2v) is 13.2. The number of rotatable bonds is 6. The van der Waals surface area contributed by atoms with Gasteiger partial charge in [0.25, 0.3) is 5.56 Å². The van der Waals surface area contributed by atoms with E-state index >= 15 is 0 Å². The number of hydrogen-bond acceptors (Lipinski definition) is 6. The molecule has 1 saturated heterocycles. The van der Waals surface area contributed by atoms with Crippen LogP contribution in [0.5, 0.6) is 5.75 Å². The fraction of sp³-hybridized carbons (Fsp3) is 0.545. The van der Waals surface area contributed by atoms with Gasteiger partial charge < -0.3 is 20.2 Å². The van der Waals surface area contributed by atoms with Crippen molar-refractivity contribution < 1.29 is 14.3 Å². The van der Waals surface area contributed by atoms with E-state index in [0.717, 1.165) is 18.1 Å². The number of halogens is 1. The maximum absolute atomic E-state index is 14.4. The van der Waals surface area contributed by atoms with Gasteiger partial charge in [-0.25, -0.2) is 14.4 Å². The van der Waals surface area contributed by atoms with Crippen LogP contribution in [0.25, 0.3) is 10.9 Å². The van der Waals surface area contributed by atoms with Crippen LogP contribution >= 0.6 is 0 Å². The van der Waals surface area contributed by atoms with Crippen molar-refractivity contribution in [3.05, 3.63) is 64.5 Å². The fourth-order valence-corrected chi connectivity index (χ4v) is 7.41. The second kappa shape index (κ2) is 11.5. The lowest BCUT2D eigenvalue weighted by atomic mass is 9.45. The van der Waals surface area contributed by atoms with Crippen LogP contribution in [0.3, 0.4) is 0 Å². The summed E-state index contributed by atoms with van der Waals surface area (Å²) in [7, 11) is 1.50. The minimum atomic E-state index is -0.354. The van der Waals surface area contributed by atoms with Crippen molar-refractivity contribution in [2.75, 3.05) is 32.1 Å². The minimum Gasteiger partial charge on any atom is -0.497 e. The van der Waals surface area contributed by atoms with Gasteiger partial charge in [-0.05, 0) is 79.2 Å². The minimum absolute atomic E-state index is 0.0139. The molecule has 1 aliphatic heterocycles. The van der Waals surface area contributed by atoms with Gasteiger partial charge >= 0.3 is 0 Å². The summed E-state index contributed by atoms with van der Waals surface area (Å²) in [5.41, 5.74) is 2.14. The average Bonchev–Trinajstić information content (AvgIpc) is 2.99. The summed E-state index contributed by atoms with van der Waals surface area (Å²) in [6.07, 6.45) is 4.28. The Morgan fingerprint density at radius 2 is 2.00 bits per heavy atom. The lowest BCUT2D eigenvalue weighted by molar-refractivity contribution is -0.142. The largest absolute Gasteiger partial charge is 0.497 e. The van der Waals surface area contributed by atoms with Gasteiger partial charge in [0.05, 0.1) is 30.4 Å². The third-order valence-corrected chi connectivity index (χ3v) is 10.5. The summed E-state index contributed by atoms with van der Waals surface area (Å²) < 4.78 is 21.0. The molecule has 3 aliphatic carbocycles. The highest BCUT2D eigenvalue weighted by Gasteiger charge is 2.56. The van der Waals surface area contributed by atoms with Crippen molar-refractivity contribution in [1.29, 1.82) is 0 Å². The lowest BCUT2D eigenvalue weighted by Crippen LogP contribution is -2.57. The molecule has 4 aliphatic rings. The molecule has 230 valence electrons. The zero-order valence-corrected chi connectivity index (χ0v) is 25.8. The maximum Gasteiger partial charge on any atom is 0.261 e. The summed E-state index contributed by atoms with van der Waals surface area (Å²) in [5, 5.41) is 15.7. The highest BCUT2D eigenvalue weighted by molar-refractivity contribution is 5.96. The number of hydrogen-bond donors (Lipinski definition) is 2. The van der Waals surface area contributed by atoms with Crippen LogP contribution in [0.15, 0.2) is 52.5 Å². The standard InChI is InChI=1S/C33H43FN6O3/c1-20-18-38(12-13-40(20)42)32(37-29-15-23-14-27(21(29)2)33(23,3)4)36-24-7-9-26-30(16-24)35-19-39(31(26)41)11-10-22-6-8-25(43-5)17-28(22)34/h6-9,16-17,19-21,23,27,29,42H,10-15,18H2,1-5H3,(H,36,37)/t20-,21-,23?,27-,29?/m0/s1. The number of benzene rings is 2. The van der Waals surface area contributed by atoms with E-state index in [9.17, 15) is 14.4 Å². The highest BCUT2D eigenvalue weighted by Crippen LogP contribution is 2.61. The van der Waals surface area contributed by atoms with E-state index < -0.39 is 0 Å². The van der Waals surface area contributed by atoms with Crippen molar-refractivity contribution in [2.24, 2.45) is 28.2 Å². The van der Waals surface area contributed by atoms with Crippen LogP contribution in [0.2, 0.25) is 0 Å². The topological polar surface area (TPSA) is 95.2 Å². The van der Waals surface area contributed by atoms with Crippen LogP contribution < -0.4 is 15.6 Å². The van der Waals surface area contributed by atoms with E-state index in [0.29, 0.717) is 78.0 Å². The smallest absolute Gasteiger partial charge is 0.261 e. The Bertz CT molecular complexity index is 1590. The van der Waals surface area contributed by atoms with Crippen LogP contribution in [0.1, 0.15) is 46.1 Å². The van der Waals surface area contributed by atoms with Crippen molar-refractivity contribution >= 4 is 22.5 Å². The highest BCUT2D eigenvalue weighted by atomic mass is 19.1. The van der Waals surface area contributed by atoms with Crippen molar-refractivity contribution in [3.8, 4) is 5.75 Å². The van der Waals surface area contributed by atoms with E-state index in [1.807, 2.05) is 19.1 Å². The summed E-state index contributed by atoms with van der Waals surface area (Å²) in [5.74, 6) is 2.80. The molecule has 43 heavy (non-hydrogen) atoms. The molecule has 10 heteroatoms. The van der Waals surface area contributed by atoms with Gasteiger partial charge in [0, 0.05) is 44.0 Å². The van der Waals surface area contributed by atoms with Crippen molar-refractivity contribution in [1.82, 2.24) is 19.5 Å². The molecule has 2 aromatic carbocycles. The Morgan fingerprint density at radius 1 is 1.19 bits per heavy atom. The molecule has 9 nitrogen and oxygen atoms in total. The molecule has 1 aromatic heterocycles. The van der Waals surface area contributed by atoms with Crippen LogP contribution in [0, 0.1) is 29.0 Å². The summed E-state index contributed by atoms with van der Waals surface area (Å²) in [4.78, 5) is 25.4. The summed E-state index contributed by atoms with van der Waals surface area (Å²) in [6.45, 7) is 11.3. The molecule has 3 saturated carbocycles. The number of aliphatic imine (C=N–C) groups is 1. The first-order chi connectivity index (χ1) is 20.5. The van der Waals surface area contributed by atoms with Gasteiger partial charge in [-0.15, -0.1) is 0 Å². The van der Waals surface area contributed by atoms with Crippen LogP contribution in [-0.4, -0.2) is 69.5 Å². The molecule has 0 amide bonds. The molecule has 2 bridgehead atoms. The molecular weight excluding hydrogens is 547 g/mol. The molecule has 2 N–H and O–H groups in total. The number of nitrogens with one attached hydrogen (secondary N) is 1. The summed E-state index contributed by atoms with van der Waals surface area (Å²) >= 11 is 0. The number of aryl methyl sites for hydroxylation is 2. The first-order valence-electron chi connectivity index (χ1n) is 15.4. The lowest BCUT2D eigenvalue weighted by Gasteiger charge is -2.61. The predicted octanol–water partition coefficient (Wildman–Crippen LogP) is 5.02. The molecule has 2 unspecified atom stereocenters. The van der Waals surface area contributed by atoms with E-state index in [1.165, 1.54) is 35.6 Å². The Labute approximate surface area is 252 Å². The van der Waals surface area contributed by atoms with Gasteiger partial charge in [-0.1, -0.05) is 26.8 Å². The fourth-order valence-electron chi connectivity index (χ4n) is 7.41. The molecule has 3 aromatic rings. The molecule has 0 radical (unpaired) electrons. The van der Waals surface area contributed by atoms with Gasteiger partial charge in [0.2, 0.25) is 0 Å². The van der Waals surface area contributed by atoms with Gasteiger partial charge in [-0.3, -0.25) is 9.36 Å². The number of hydroxylamine groups is 2. The monoisotopic (exact) mass is 590 g/mol. The van der Waals surface area contributed by atoms with Crippen molar-refractivity contribution in [2.45, 2.75) is 65.6 Å². The predicted molar refractivity (Wildman–Crippen MR) is 166 cm³/mol. The van der Waals surface area contributed by atoms with E-state index in [-0.39, 0.29) is 23.5 Å². The van der Waals surface area contributed by atoms with Gasteiger partial charge in [0.1, 0.15) is 11.6 Å². The SMILES string of the molecule is COc1ccc(CCn2cnc3cc(NC(=NC4CC5C[C@@H]([C@@H]4C)C5(C)C)N4CCN(O)[C@@H](C)C4)ccc3c2=O)c(F)c1. The number of guanidine groups is 1.